The summed E-state index contributed by atoms with van der Waals surface area (Å²) in [6.45, 7) is 3.26. The van der Waals surface area contributed by atoms with E-state index in [2.05, 4.69) is 22.0 Å². The van der Waals surface area contributed by atoms with Gasteiger partial charge in [0.05, 0.1) is 19.3 Å². The lowest BCUT2D eigenvalue weighted by Crippen LogP contribution is -2.42. The standard InChI is InChI=1S/C9H13N5O/c1-13-2-3-15-8(5-13)6-14-7-11-9(4-10)12-14/h7-8H,2-3,5-6H2,1H3. The molecule has 0 bridgehead atoms. The molecule has 1 aliphatic heterocycles. The first-order valence-electron chi connectivity index (χ1n) is 4.87. The van der Waals surface area contributed by atoms with E-state index in [0.717, 1.165) is 19.7 Å². The minimum absolute atomic E-state index is 0.136. The molecule has 80 valence electrons. The molecule has 2 rings (SSSR count). The van der Waals surface area contributed by atoms with Gasteiger partial charge in [-0.25, -0.2) is 9.67 Å². The maximum atomic E-state index is 8.57. The first-order chi connectivity index (χ1) is 7.28. The number of ether oxygens (including phenoxy) is 1. The van der Waals surface area contributed by atoms with Crippen LogP contribution in [0.4, 0.5) is 0 Å². The zero-order valence-electron chi connectivity index (χ0n) is 8.63. The van der Waals surface area contributed by atoms with Gasteiger partial charge < -0.3 is 9.64 Å². The molecule has 0 aromatic carbocycles. The average molecular weight is 207 g/mol. The smallest absolute Gasteiger partial charge is 0.252 e. The van der Waals surface area contributed by atoms with Crippen LogP contribution in [-0.2, 0) is 11.3 Å². The first kappa shape index (κ1) is 10.1. The molecule has 1 aliphatic rings. The van der Waals surface area contributed by atoms with Crippen molar-refractivity contribution >= 4 is 0 Å². The summed E-state index contributed by atoms with van der Waals surface area (Å²) in [6.07, 6.45) is 1.70. The number of morpholine rings is 1. The molecule has 1 aromatic heterocycles. The lowest BCUT2D eigenvalue weighted by Gasteiger charge is -2.29. The van der Waals surface area contributed by atoms with Crippen LogP contribution >= 0.6 is 0 Å². The number of rotatable bonds is 2. The molecule has 0 N–H and O–H groups in total. The predicted octanol–water partition coefficient (Wildman–Crippen LogP) is -0.520. The van der Waals surface area contributed by atoms with Crippen molar-refractivity contribution in [1.29, 1.82) is 5.26 Å². The lowest BCUT2D eigenvalue weighted by atomic mass is 10.3. The number of aromatic nitrogens is 3. The molecule has 6 heteroatoms. The fraction of sp³-hybridized carbons (Fsp3) is 0.667. The minimum atomic E-state index is 0.136. The summed E-state index contributed by atoms with van der Waals surface area (Å²) in [4.78, 5) is 6.06. The van der Waals surface area contributed by atoms with Crippen molar-refractivity contribution in [3.8, 4) is 6.07 Å². The van der Waals surface area contributed by atoms with Crippen LogP contribution < -0.4 is 0 Å². The summed E-state index contributed by atoms with van der Waals surface area (Å²) in [5.41, 5.74) is 0. The van der Waals surface area contributed by atoms with Crippen molar-refractivity contribution in [3.05, 3.63) is 12.2 Å². The van der Waals surface area contributed by atoms with Gasteiger partial charge in [-0.3, -0.25) is 0 Å². The highest BCUT2D eigenvalue weighted by molar-refractivity contribution is 5.05. The molecular weight excluding hydrogens is 194 g/mol. The van der Waals surface area contributed by atoms with Gasteiger partial charge in [-0.15, -0.1) is 5.10 Å². The molecule has 6 nitrogen and oxygen atoms in total. The van der Waals surface area contributed by atoms with Gasteiger partial charge in [0.25, 0.3) is 5.82 Å². The molecule has 1 aromatic rings. The number of nitrogens with zero attached hydrogens (tertiary/aromatic N) is 5. The Morgan fingerprint density at radius 3 is 3.27 bits per heavy atom. The maximum absolute atomic E-state index is 8.57. The van der Waals surface area contributed by atoms with Gasteiger partial charge in [0.15, 0.2) is 0 Å². The van der Waals surface area contributed by atoms with Crippen LogP contribution in [0.1, 0.15) is 5.82 Å². The van der Waals surface area contributed by atoms with E-state index in [1.807, 2.05) is 6.07 Å². The van der Waals surface area contributed by atoms with E-state index >= 15 is 0 Å². The van der Waals surface area contributed by atoms with Gasteiger partial charge >= 0.3 is 0 Å². The van der Waals surface area contributed by atoms with Gasteiger partial charge in [-0.05, 0) is 7.05 Å². The predicted molar refractivity (Wildman–Crippen MR) is 52.0 cm³/mol. The van der Waals surface area contributed by atoms with Crippen molar-refractivity contribution in [1.82, 2.24) is 19.7 Å². The number of hydrogen-bond acceptors (Lipinski definition) is 5. The van der Waals surface area contributed by atoms with Crippen LogP contribution in [0.15, 0.2) is 6.33 Å². The Morgan fingerprint density at radius 2 is 2.60 bits per heavy atom. The Labute approximate surface area is 88.1 Å². The Morgan fingerprint density at radius 1 is 1.73 bits per heavy atom. The summed E-state index contributed by atoms with van der Waals surface area (Å²) in [6, 6.07) is 1.90. The molecular formula is C9H13N5O. The van der Waals surface area contributed by atoms with E-state index in [1.54, 1.807) is 11.0 Å². The third-order valence-corrected chi connectivity index (χ3v) is 2.37. The molecule has 15 heavy (non-hydrogen) atoms. The van der Waals surface area contributed by atoms with E-state index in [9.17, 15) is 0 Å². The Hall–Kier alpha value is -1.45. The zero-order chi connectivity index (χ0) is 10.7. The second-order valence-electron chi connectivity index (χ2n) is 3.66. The van der Waals surface area contributed by atoms with Crippen LogP contribution in [0, 0.1) is 11.3 Å². The summed E-state index contributed by atoms with van der Waals surface area (Å²) in [7, 11) is 2.07. The third kappa shape index (κ3) is 2.52. The minimum Gasteiger partial charge on any atom is -0.374 e. The van der Waals surface area contributed by atoms with Crippen LogP contribution in [0.25, 0.3) is 0 Å². The first-order valence-corrected chi connectivity index (χ1v) is 4.87. The molecule has 0 radical (unpaired) electrons. The molecule has 0 spiro atoms. The molecule has 2 heterocycles. The molecule has 0 aliphatic carbocycles. The Balaban J connectivity index is 1.93. The Kier molecular flexibility index (Phi) is 2.94. The van der Waals surface area contributed by atoms with Crippen molar-refractivity contribution in [2.75, 3.05) is 26.7 Å². The van der Waals surface area contributed by atoms with E-state index in [4.69, 9.17) is 10.00 Å². The monoisotopic (exact) mass is 207 g/mol. The summed E-state index contributed by atoms with van der Waals surface area (Å²) in [5.74, 6) is 0.208. The van der Waals surface area contributed by atoms with E-state index < -0.39 is 0 Å². The van der Waals surface area contributed by atoms with Gasteiger partial charge in [-0.1, -0.05) is 0 Å². The fourth-order valence-corrected chi connectivity index (χ4v) is 1.62. The highest BCUT2D eigenvalue weighted by Crippen LogP contribution is 2.05. The Bertz CT molecular complexity index is 369. The van der Waals surface area contributed by atoms with E-state index in [-0.39, 0.29) is 11.9 Å². The zero-order valence-corrected chi connectivity index (χ0v) is 8.63. The highest BCUT2D eigenvalue weighted by Gasteiger charge is 2.18. The van der Waals surface area contributed by atoms with Crippen LogP contribution in [-0.4, -0.2) is 52.5 Å². The highest BCUT2D eigenvalue weighted by atomic mass is 16.5. The van der Waals surface area contributed by atoms with Crippen molar-refractivity contribution < 1.29 is 4.74 Å². The summed E-state index contributed by atoms with van der Waals surface area (Å²) in [5, 5.41) is 12.6. The average Bonchev–Trinajstić information content (AvgIpc) is 2.65. The quantitative estimate of drug-likeness (QED) is 0.652. The summed E-state index contributed by atoms with van der Waals surface area (Å²) >= 11 is 0. The van der Waals surface area contributed by atoms with Gasteiger partial charge in [0, 0.05) is 13.1 Å². The van der Waals surface area contributed by atoms with Gasteiger partial charge in [0.1, 0.15) is 12.4 Å². The van der Waals surface area contributed by atoms with Crippen molar-refractivity contribution in [2.45, 2.75) is 12.6 Å². The van der Waals surface area contributed by atoms with Crippen LogP contribution in [0.5, 0.6) is 0 Å². The maximum Gasteiger partial charge on any atom is 0.252 e. The molecule has 1 unspecified atom stereocenters. The second kappa shape index (κ2) is 4.38. The molecule has 0 amide bonds. The van der Waals surface area contributed by atoms with Gasteiger partial charge in [-0.2, -0.15) is 5.26 Å². The van der Waals surface area contributed by atoms with Crippen LogP contribution in [0.2, 0.25) is 0 Å². The van der Waals surface area contributed by atoms with Gasteiger partial charge in [0.2, 0.25) is 0 Å². The fourth-order valence-electron chi connectivity index (χ4n) is 1.62. The van der Waals surface area contributed by atoms with E-state index in [0.29, 0.717) is 6.54 Å². The third-order valence-electron chi connectivity index (χ3n) is 2.37. The molecule has 0 saturated carbocycles. The topological polar surface area (TPSA) is 67.0 Å². The summed E-state index contributed by atoms with van der Waals surface area (Å²) < 4.78 is 7.24. The SMILES string of the molecule is CN1CCOC(Cn2cnc(C#N)n2)C1. The second-order valence-corrected chi connectivity index (χ2v) is 3.66. The number of likely N-dealkylation sites (N-methyl/N-ethyl adjacent to an activating group) is 1. The largest absolute Gasteiger partial charge is 0.374 e. The van der Waals surface area contributed by atoms with E-state index in [1.165, 1.54) is 0 Å². The normalized spacial score (nSPS) is 22.5. The molecule has 1 fully saturated rings. The molecule has 1 atom stereocenters. The van der Waals surface area contributed by atoms with Crippen molar-refractivity contribution in [3.63, 3.8) is 0 Å². The van der Waals surface area contributed by atoms with Crippen molar-refractivity contribution in [2.24, 2.45) is 0 Å². The van der Waals surface area contributed by atoms with Crippen LogP contribution in [0.3, 0.4) is 0 Å². The lowest BCUT2D eigenvalue weighted by molar-refractivity contribution is -0.0291. The molecule has 1 saturated heterocycles. The number of nitriles is 1. The number of hydrogen-bond donors (Lipinski definition) is 0.